The molecule has 1 aromatic heterocycles. The second-order valence-electron chi connectivity index (χ2n) is 7.78. The fraction of sp³-hybridized carbons (Fsp3) is 0.217. The van der Waals surface area contributed by atoms with Crippen LogP contribution in [0.4, 0.5) is 9.52 Å². The minimum absolute atomic E-state index is 0.0211. The van der Waals surface area contributed by atoms with Crippen LogP contribution in [0.2, 0.25) is 0 Å². The van der Waals surface area contributed by atoms with Crippen LogP contribution in [0.15, 0.2) is 48.0 Å². The van der Waals surface area contributed by atoms with E-state index in [4.69, 9.17) is 4.74 Å². The summed E-state index contributed by atoms with van der Waals surface area (Å²) in [6.07, 6.45) is 0.698. The van der Waals surface area contributed by atoms with Crippen molar-refractivity contribution in [2.75, 3.05) is 4.90 Å². The van der Waals surface area contributed by atoms with Gasteiger partial charge in [0.15, 0.2) is 0 Å². The third kappa shape index (κ3) is 3.25. The molecule has 0 radical (unpaired) electrons. The first-order valence-electron chi connectivity index (χ1n) is 10.00. The molecule has 1 fully saturated rings. The molecule has 2 aromatic carbocycles. The van der Waals surface area contributed by atoms with Crippen molar-refractivity contribution in [2.45, 2.75) is 32.4 Å². The first kappa shape index (κ1) is 20.3. The maximum absolute atomic E-state index is 13.6. The van der Waals surface area contributed by atoms with Crippen LogP contribution in [0.25, 0.3) is 5.76 Å². The molecule has 0 unspecified atom stereocenters. The van der Waals surface area contributed by atoms with Crippen molar-refractivity contribution in [1.82, 2.24) is 10.2 Å². The van der Waals surface area contributed by atoms with Gasteiger partial charge in [-0.2, -0.15) is 0 Å². The molecule has 9 heteroatoms. The molecule has 3 heterocycles. The van der Waals surface area contributed by atoms with Crippen LogP contribution in [0.1, 0.15) is 34.7 Å². The molecule has 2 aliphatic heterocycles. The van der Waals surface area contributed by atoms with E-state index in [0.717, 1.165) is 22.6 Å². The summed E-state index contributed by atoms with van der Waals surface area (Å²) in [6, 6.07) is 9.64. The highest BCUT2D eigenvalue weighted by molar-refractivity contribution is 7.15. The van der Waals surface area contributed by atoms with Gasteiger partial charge in [0.25, 0.3) is 5.78 Å². The Morgan fingerprint density at radius 1 is 1.19 bits per heavy atom. The normalized spacial score (nSPS) is 21.7. The average molecular weight is 451 g/mol. The van der Waals surface area contributed by atoms with Crippen molar-refractivity contribution in [2.24, 2.45) is 0 Å². The maximum atomic E-state index is 13.6. The molecule has 1 N–H and O–H groups in total. The van der Waals surface area contributed by atoms with Crippen molar-refractivity contribution in [3.8, 4) is 5.75 Å². The van der Waals surface area contributed by atoms with E-state index in [-0.39, 0.29) is 22.6 Å². The first-order valence-corrected chi connectivity index (χ1v) is 10.8. The highest BCUT2D eigenvalue weighted by Crippen LogP contribution is 2.43. The van der Waals surface area contributed by atoms with Gasteiger partial charge < -0.3 is 9.84 Å². The van der Waals surface area contributed by atoms with Gasteiger partial charge in [-0.05, 0) is 55.3 Å². The molecule has 1 saturated heterocycles. The Labute approximate surface area is 186 Å². The van der Waals surface area contributed by atoms with Crippen LogP contribution in [0, 0.1) is 12.7 Å². The summed E-state index contributed by atoms with van der Waals surface area (Å²) in [4.78, 5) is 27.3. The van der Waals surface area contributed by atoms with Gasteiger partial charge in [0, 0.05) is 12.0 Å². The van der Waals surface area contributed by atoms with Gasteiger partial charge in [0.2, 0.25) is 5.13 Å². The predicted molar refractivity (Wildman–Crippen MR) is 116 cm³/mol. The van der Waals surface area contributed by atoms with Crippen LogP contribution < -0.4 is 9.64 Å². The zero-order valence-corrected chi connectivity index (χ0v) is 18.0. The number of aliphatic hydroxyl groups is 1. The van der Waals surface area contributed by atoms with Gasteiger partial charge in [0.05, 0.1) is 11.6 Å². The fourth-order valence-corrected chi connectivity index (χ4v) is 4.81. The largest absolute Gasteiger partial charge is 0.507 e. The molecular weight excluding hydrogens is 433 g/mol. The highest BCUT2D eigenvalue weighted by atomic mass is 32.1. The lowest BCUT2D eigenvalue weighted by molar-refractivity contribution is -0.132. The van der Waals surface area contributed by atoms with E-state index >= 15 is 0 Å². The molecule has 32 heavy (non-hydrogen) atoms. The van der Waals surface area contributed by atoms with Crippen molar-refractivity contribution in [1.29, 1.82) is 0 Å². The molecule has 7 nitrogen and oxygen atoms in total. The summed E-state index contributed by atoms with van der Waals surface area (Å²) in [7, 11) is 0. The summed E-state index contributed by atoms with van der Waals surface area (Å²) in [5, 5.41) is 20.0. The SMILES string of the molecule is Cc1nnc(N2C(=O)C(=O)C(=C(O)c3ccc4c(c3)C[C@H](C)O4)[C@@H]2c2ccc(F)cc2)s1. The number of Topliss-reactive ketones (excluding diaryl/α,β-unsaturated/α-hetero) is 1. The Morgan fingerprint density at radius 2 is 1.94 bits per heavy atom. The van der Waals surface area contributed by atoms with Crippen LogP contribution in [-0.2, 0) is 16.0 Å². The fourth-order valence-electron chi connectivity index (χ4n) is 4.10. The van der Waals surface area contributed by atoms with E-state index in [1.165, 1.54) is 29.2 Å². The molecule has 2 aliphatic rings. The molecule has 5 rings (SSSR count). The minimum atomic E-state index is -0.966. The number of nitrogens with zero attached hydrogens (tertiary/aromatic N) is 3. The number of amides is 1. The number of halogens is 1. The number of aryl methyl sites for hydroxylation is 1. The molecule has 162 valence electrons. The van der Waals surface area contributed by atoms with E-state index in [9.17, 15) is 19.1 Å². The van der Waals surface area contributed by atoms with Crippen molar-refractivity contribution in [3.63, 3.8) is 0 Å². The summed E-state index contributed by atoms with van der Waals surface area (Å²) in [6.45, 7) is 3.68. The lowest BCUT2D eigenvalue weighted by Crippen LogP contribution is -2.29. The van der Waals surface area contributed by atoms with Gasteiger partial charge in [0.1, 0.15) is 28.4 Å². The Morgan fingerprint density at radius 3 is 2.62 bits per heavy atom. The topological polar surface area (TPSA) is 92.6 Å². The number of hydrogen-bond acceptors (Lipinski definition) is 7. The number of fused-ring (bicyclic) bond motifs is 1. The Bertz CT molecular complexity index is 1280. The second-order valence-corrected chi connectivity index (χ2v) is 8.94. The third-order valence-electron chi connectivity index (χ3n) is 5.52. The number of hydrogen-bond donors (Lipinski definition) is 1. The van der Waals surface area contributed by atoms with Gasteiger partial charge >= 0.3 is 5.91 Å². The number of aliphatic hydroxyl groups excluding tert-OH is 1. The first-order chi connectivity index (χ1) is 15.3. The highest BCUT2D eigenvalue weighted by Gasteiger charge is 2.48. The molecule has 0 aliphatic carbocycles. The van der Waals surface area contributed by atoms with Gasteiger partial charge in [-0.25, -0.2) is 4.39 Å². The molecular formula is C23H18FN3O4S. The average Bonchev–Trinajstić information content (AvgIpc) is 3.43. The number of rotatable bonds is 3. The second kappa shape index (κ2) is 7.52. The van der Waals surface area contributed by atoms with E-state index in [1.54, 1.807) is 25.1 Å². The number of aromatic nitrogens is 2. The van der Waals surface area contributed by atoms with E-state index < -0.39 is 23.5 Å². The standard InChI is InChI=1S/C23H18FN3O4S/c1-11-9-15-10-14(5-8-17(15)31-11)20(28)18-19(13-3-6-16(24)7-4-13)27(22(30)21(18)29)23-26-25-12(2)32-23/h3-8,10-11,19,28H,9H2,1-2H3/t11-,19-/m0/s1. The monoisotopic (exact) mass is 451 g/mol. The zero-order chi connectivity index (χ0) is 22.6. The molecule has 0 bridgehead atoms. The van der Waals surface area contributed by atoms with Gasteiger partial charge in [-0.3, -0.25) is 14.5 Å². The zero-order valence-electron chi connectivity index (χ0n) is 17.2. The smallest absolute Gasteiger partial charge is 0.301 e. The number of carbonyl (C=O) groups is 2. The van der Waals surface area contributed by atoms with Crippen LogP contribution >= 0.6 is 11.3 Å². The Balaban J connectivity index is 1.68. The number of ether oxygens (including phenoxy) is 1. The van der Waals surface area contributed by atoms with Crippen LogP contribution in [0.5, 0.6) is 5.75 Å². The van der Waals surface area contributed by atoms with E-state index in [0.29, 0.717) is 22.6 Å². The predicted octanol–water partition coefficient (Wildman–Crippen LogP) is 3.94. The van der Waals surface area contributed by atoms with Gasteiger partial charge in [-0.15, -0.1) is 10.2 Å². The minimum Gasteiger partial charge on any atom is -0.507 e. The molecule has 1 amide bonds. The third-order valence-corrected chi connectivity index (χ3v) is 6.36. The number of carbonyl (C=O) groups excluding carboxylic acids is 2. The number of anilines is 1. The van der Waals surface area contributed by atoms with E-state index in [1.807, 2.05) is 6.92 Å². The summed E-state index contributed by atoms with van der Waals surface area (Å²) >= 11 is 1.15. The molecule has 0 spiro atoms. The summed E-state index contributed by atoms with van der Waals surface area (Å²) in [5.74, 6) is -1.69. The lowest BCUT2D eigenvalue weighted by atomic mass is 9.94. The van der Waals surface area contributed by atoms with E-state index in [2.05, 4.69) is 10.2 Å². The summed E-state index contributed by atoms with van der Waals surface area (Å²) < 4.78 is 19.3. The van der Waals surface area contributed by atoms with Crippen molar-refractivity contribution >= 4 is 33.9 Å². The molecule has 2 atom stereocenters. The van der Waals surface area contributed by atoms with Crippen molar-refractivity contribution < 1.29 is 23.8 Å². The molecule has 3 aromatic rings. The maximum Gasteiger partial charge on any atom is 0.301 e. The van der Waals surface area contributed by atoms with Crippen molar-refractivity contribution in [3.05, 3.63) is 75.6 Å². The Hall–Kier alpha value is -3.59. The molecule has 0 saturated carbocycles. The summed E-state index contributed by atoms with van der Waals surface area (Å²) in [5.41, 5.74) is 1.70. The number of benzene rings is 2. The number of ketones is 1. The van der Waals surface area contributed by atoms with Crippen LogP contribution in [-0.4, -0.2) is 33.1 Å². The lowest BCUT2D eigenvalue weighted by Gasteiger charge is -2.22. The Kier molecular flexibility index (Phi) is 4.78. The quantitative estimate of drug-likeness (QED) is 0.368. The van der Waals surface area contributed by atoms with Gasteiger partial charge in [-0.1, -0.05) is 23.5 Å². The van der Waals surface area contributed by atoms with Crippen LogP contribution in [0.3, 0.4) is 0 Å².